The SMILES string of the molecule is COc1ccc(CSc2cc(C)cc(C)n2)cc1N. The van der Waals surface area contributed by atoms with Gasteiger partial charge in [0.05, 0.1) is 17.8 Å². The van der Waals surface area contributed by atoms with Crippen LogP contribution in [0.2, 0.25) is 0 Å². The van der Waals surface area contributed by atoms with Crippen LogP contribution < -0.4 is 10.5 Å². The number of aryl methyl sites for hydroxylation is 2. The second-order valence-corrected chi connectivity index (χ2v) is 5.48. The van der Waals surface area contributed by atoms with Crippen molar-refractivity contribution in [3.05, 3.63) is 47.2 Å². The van der Waals surface area contributed by atoms with Gasteiger partial charge in [0.1, 0.15) is 5.75 Å². The number of hydrogen-bond donors (Lipinski definition) is 1. The number of anilines is 1. The second-order valence-electron chi connectivity index (χ2n) is 4.49. The highest BCUT2D eigenvalue weighted by Crippen LogP contribution is 2.27. The molecule has 0 spiro atoms. The molecule has 3 nitrogen and oxygen atoms in total. The first kappa shape index (κ1) is 13.7. The summed E-state index contributed by atoms with van der Waals surface area (Å²) < 4.78 is 5.15. The minimum absolute atomic E-state index is 0.675. The zero-order chi connectivity index (χ0) is 13.8. The van der Waals surface area contributed by atoms with Crippen LogP contribution in [0.3, 0.4) is 0 Å². The predicted octanol–water partition coefficient (Wildman–Crippen LogP) is 3.58. The van der Waals surface area contributed by atoms with Crippen molar-refractivity contribution in [1.82, 2.24) is 4.98 Å². The van der Waals surface area contributed by atoms with Gasteiger partial charge in [-0.3, -0.25) is 0 Å². The highest BCUT2D eigenvalue weighted by atomic mass is 32.2. The molecule has 4 heteroatoms. The van der Waals surface area contributed by atoms with Crippen LogP contribution in [-0.4, -0.2) is 12.1 Å². The molecule has 0 amide bonds. The van der Waals surface area contributed by atoms with Crippen molar-refractivity contribution in [3.8, 4) is 5.75 Å². The van der Waals surface area contributed by atoms with E-state index in [1.165, 1.54) is 11.1 Å². The molecular weight excluding hydrogens is 256 g/mol. The van der Waals surface area contributed by atoms with Crippen LogP contribution in [0.1, 0.15) is 16.8 Å². The molecule has 0 aliphatic heterocycles. The number of pyridine rings is 1. The Morgan fingerprint density at radius 3 is 2.63 bits per heavy atom. The lowest BCUT2D eigenvalue weighted by atomic mass is 10.2. The van der Waals surface area contributed by atoms with Crippen molar-refractivity contribution >= 4 is 17.4 Å². The monoisotopic (exact) mass is 274 g/mol. The van der Waals surface area contributed by atoms with Crippen LogP contribution in [0, 0.1) is 13.8 Å². The third kappa shape index (κ3) is 3.64. The topological polar surface area (TPSA) is 48.1 Å². The summed E-state index contributed by atoms with van der Waals surface area (Å²) in [6.07, 6.45) is 0. The number of benzene rings is 1. The van der Waals surface area contributed by atoms with Crippen LogP contribution in [-0.2, 0) is 5.75 Å². The Morgan fingerprint density at radius 2 is 2.00 bits per heavy atom. The number of nitrogens with two attached hydrogens (primary N) is 1. The van der Waals surface area contributed by atoms with Crippen LogP contribution in [0.15, 0.2) is 35.4 Å². The molecule has 1 aromatic heterocycles. The van der Waals surface area contributed by atoms with Gasteiger partial charge in [0.15, 0.2) is 0 Å². The van der Waals surface area contributed by atoms with E-state index in [1.807, 2.05) is 25.1 Å². The Labute approximate surface area is 118 Å². The second kappa shape index (κ2) is 5.97. The number of methoxy groups -OCH3 is 1. The van der Waals surface area contributed by atoms with Crippen LogP contribution >= 0.6 is 11.8 Å². The van der Waals surface area contributed by atoms with Crippen molar-refractivity contribution < 1.29 is 4.74 Å². The van der Waals surface area contributed by atoms with Crippen molar-refractivity contribution in [2.45, 2.75) is 24.6 Å². The zero-order valence-electron chi connectivity index (χ0n) is 11.4. The van der Waals surface area contributed by atoms with Crippen molar-refractivity contribution in [1.29, 1.82) is 0 Å². The molecular formula is C15H18N2OS. The quantitative estimate of drug-likeness (QED) is 0.684. The number of nitrogen functional groups attached to an aromatic ring is 1. The molecule has 2 aromatic rings. The molecule has 0 saturated heterocycles. The Hall–Kier alpha value is -1.68. The lowest BCUT2D eigenvalue weighted by Gasteiger charge is -2.07. The molecule has 0 saturated carbocycles. The minimum atomic E-state index is 0.675. The normalized spacial score (nSPS) is 10.5. The van der Waals surface area contributed by atoms with Gasteiger partial charge in [-0.25, -0.2) is 4.98 Å². The molecule has 0 radical (unpaired) electrons. The Kier molecular flexibility index (Phi) is 4.32. The van der Waals surface area contributed by atoms with E-state index in [-0.39, 0.29) is 0 Å². The number of thioether (sulfide) groups is 1. The average molecular weight is 274 g/mol. The Bertz CT molecular complexity index is 564. The number of aromatic nitrogens is 1. The molecule has 0 fully saturated rings. The summed E-state index contributed by atoms with van der Waals surface area (Å²) >= 11 is 1.72. The fourth-order valence-corrected chi connectivity index (χ4v) is 2.88. The first-order chi connectivity index (χ1) is 9.08. The molecule has 0 aliphatic carbocycles. The third-order valence-corrected chi connectivity index (χ3v) is 3.74. The predicted molar refractivity (Wildman–Crippen MR) is 80.7 cm³/mol. The molecule has 1 aromatic carbocycles. The van der Waals surface area contributed by atoms with Crippen molar-refractivity contribution in [2.75, 3.05) is 12.8 Å². The first-order valence-electron chi connectivity index (χ1n) is 6.09. The van der Waals surface area contributed by atoms with Gasteiger partial charge in [-0.1, -0.05) is 6.07 Å². The summed E-state index contributed by atoms with van der Waals surface area (Å²) in [4.78, 5) is 4.51. The number of nitrogens with zero attached hydrogens (tertiary/aromatic N) is 1. The summed E-state index contributed by atoms with van der Waals surface area (Å²) in [5.41, 5.74) is 10.0. The zero-order valence-corrected chi connectivity index (χ0v) is 12.3. The van der Waals surface area contributed by atoms with Crippen LogP contribution in [0.5, 0.6) is 5.75 Å². The van der Waals surface area contributed by atoms with E-state index < -0.39 is 0 Å². The maximum Gasteiger partial charge on any atom is 0.141 e. The van der Waals surface area contributed by atoms with Gasteiger partial charge in [-0.15, -0.1) is 11.8 Å². The first-order valence-corrected chi connectivity index (χ1v) is 7.07. The Balaban J connectivity index is 2.08. The molecule has 2 rings (SSSR count). The maximum atomic E-state index is 5.90. The molecule has 0 atom stereocenters. The molecule has 0 bridgehead atoms. The highest BCUT2D eigenvalue weighted by Gasteiger charge is 2.03. The highest BCUT2D eigenvalue weighted by molar-refractivity contribution is 7.98. The smallest absolute Gasteiger partial charge is 0.141 e. The van der Waals surface area contributed by atoms with E-state index in [0.717, 1.165) is 22.2 Å². The van der Waals surface area contributed by atoms with E-state index in [2.05, 4.69) is 24.0 Å². The summed E-state index contributed by atoms with van der Waals surface area (Å²) in [5, 5.41) is 1.05. The van der Waals surface area contributed by atoms with Gasteiger partial charge < -0.3 is 10.5 Å². The van der Waals surface area contributed by atoms with Gasteiger partial charge in [-0.2, -0.15) is 0 Å². The van der Waals surface area contributed by atoms with E-state index in [1.54, 1.807) is 18.9 Å². The van der Waals surface area contributed by atoms with Crippen molar-refractivity contribution in [2.24, 2.45) is 0 Å². The van der Waals surface area contributed by atoms with Gasteiger partial charge in [-0.05, 0) is 49.2 Å². The fourth-order valence-electron chi connectivity index (χ4n) is 1.91. The number of rotatable bonds is 4. The third-order valence-electron chi connectivity index (χ3n) is 2.76. The lowest BCUT2D eigenvalue weighted by molar-refractivity contribution is 0.417. The summed E-state index contributed by atoms with van der Waals surface area (Å²) in [7, 11) is 1.62. The number of hydrogen-bond acceptors (Lipinski definition) is 4. The minimum Gasteiger partial charge on any atom is -0.495 e. The maximum absolute atomic E-state index is 5.90. The van der Waals surface area contributed by atoms with Gasteiger partial charge >= 0.3 is 0 Å². The number of ether oxygens (including phenoxy) is 1. The van der Waals surface area contributed by atoms with Crippen LogP contribution in [0.25, 0.3) is 0 Å². The van der Waals surface area contributed by atoms with Gasteiger partial charge in [0.2, 0.25) is 0 Å². The molecule has 1 heterocycles. The van der Waals surface area contributed by atoms with E-state index in [4.69, 9.17) is 10.5 Å². The summed E-state index contributed by atoms with van der Waals surface area (Å²) in [6.45, 7) is 4.10. The van der Waals surface area contributed by atoms with Crippen LogP contribution in [0.4, 0.5) is 5.69 Å². The van der Waals surface area contributed by atoms with E-state index in [9.17, 15) is 0 Å². The average Bonchev–Trinajstić information content (AvgIpc) is 2.35. The summed E-state index contributed by atoms with van der Waals surface area (Å²) in [5.74, 6) is 1.57. The molecule has 0 aliphatic rings. The molecule has 2 N–H and O–H groups in total. The lowest BCUT2D eigenvalue weighted by Crippen LogP contribution is -1.94. The van der Waals surface area contributed by atoms with Gasteiger partial charge in [0.25, 0.3) is 0 Å². The van der Waals surface area contributed by atoms with E-state index in [0.29, 0.717) is 5.69 Å². The Morgan fingerprint density at radius 1 is 1.21 bits per heavy atom. The van der Waals surface area contributed by atoms with Gasteiger partial charge in [0, 0.05) is 11.4 Å². The molecule has 0 unspecified atom stereocenters. The van der Waals surface area contributed by atoms with Crippen molar-refractivity contribution in [3.63, 3.8) is 0 Å². The fraction of sp³-hybridized carbons (Fsp3) is 0.267. The molecule has 100 valence electrons. The van der Waals surface area contributed by atoms with E-state index >= 15 is 0 Å². The molecule has 19 heavy (non-hydrogen) atoms. The largest absolute Gasteiger partial charge is 0.495 e. The summed E-state index contributed by atoms with van der Waals surface area (Å²) in [6, 6.07) is 10.1. The standard InChI is InChI=1S/C15H18N2OS/c1-10-6-11(2)17-15(7-10)19-9-12-4-5-14(18-3)13(16)8-12/h4-8H,9,16H2,1-3H3.